The summed E-state index contributed by atoms with van der Waals surface area (Å²) in [6.07, 6.45) is 13.6. The van der Waals surface area contributed by atoms with E-state index in [4.69, 9.17) is 4.98 Å². The third-order valence-corrected chi connectivity index (χ3v) is 7.32. The van der Waals surface area contributed by atoms with E-state index in [2.05, 4.69) is 28.1 Å². The maximum atomic E-state index is 13.6. The minimum Gasteiger partial charge on any atom is -0.391 e. The molecule has 1 saturated carbocycles. The van der Waals surface area contributed by atoms with Crippen LogP contribution in [0.15, 0.2) is 46.6 Å². The van der Waals surface area contributed by atoms with Crippen LogP contribution in [0.5, 0.6) is 0 Å². The number of aliphatic hydroxyl groups is 1. The maximum absolute atomic E-state index is 13.6. The highest BCUT2D eigenvalue weighted by Gasteiger charge is 2.27. The molecular formula is C25H28N4O2S. The number of thioether (sulfide) groups is 1. The predicted octanol–water partition coefficient (Wildman–Crippen LogP) is 4.04. The van der Waals surface area contributed by atoms with Gasteiger partial charge >= 0.3 is 0 Å². The number of aliphatic hydroxyl groups excluding tert-OH is 1. The van der Waals surface area contributed by atoms with Crippen molar-refractivity contribution in [1.29, 1.82) is 0 Å². The van der Waals surface area contributed by atoms with Gasteiger partial charge in [-0.15, -0.1) is 11.8 Å². The molecule has 7 heteroatoms. The highest BCUT2D eigenvalue weighted by molar-refractivity contribution is 7.98. The van der Waals surface area contributed by atoms with E-state index < -0.39 is 6.10 Å². The maximum Gasteiger partial charge on any atom is 0.261 e. The standard InChI is InChI=1S/C25H28N4O2S/c1-28-11-5-6-18-17(12-16-9-10-26-22(13-16)32-2)14-19-23(24(18)28)27-15-29(25(19)31)20-7-3-4-8-21(20)30/h5-6,9-10,13-15,20-21,30H,3-4,7-8,11-12H2,1-2H3/t20?,21-/m0/s1. The first-order valence-corrected chi connectivity index (χ1v) is 12.4. The fourth-order valence-corrected chi connectivity index (χ4v) is 5.45. The lowest BCUT2D eigenvalue weighted by Gasteiger charge is -2.30. The second-order valence-electron chi connectivity index (χ2n) is 8.74. The molecule has 3 aromatic rings. The van der Waals surface area contributed by atoms with Crippen molar-refractivity contribution in [2.75, 3.05) is 24.7 Å². The summed E-state index contributed by atoms with van der Waals surface area (Å²) in [7, 11) is 2.04. The van der Waals surface area contributed by atoms with Crippen LogP contribution in [0.4, 0.5) is 5.69 Å². The number of fused-ring (bicyclic) bond motifs is 3. The lowest BCUT2D eigenvalue weighted by atomic mass is 9.92. The zero-order valence-corrected chi connectivity index (χ0v) is 19.3. The van der Waals surface area contributed by atoms with E-state index in [1.54, 1.807) is 22.7 Å². The Balaban J connectivity index is 1.68. The van der Waals surface area contributed by atoms with Crippen LogP contribution in [-0.4, -0.2) is 45.6 Å². The predicted molar refractivity (Wildman–Crippen MR) is 131 cm³/mol. The Morgan fingerprint density at radius 3 is 2.88 bits per heavy atom. The van der Waals surface area contributed by atoms with E-state index in [0.29, 0.717) is 11.8 Å². The molecule has 1 aliphatic heterocycles. The molecular weight excluding hydrogens is 420 g/mol. The van der Waals surface area contributed by atoms with Crippen LogP contribution in [0, 0.1) is 0 Å². The van der Waals surface area contributed by atoms with Gasteiger partial charge in [0.15, 0.2) is 0 Å². The lowest BCUT2D eigenvalue weighted by Crippen LogP contribution is -2.35. The molecule has 1 unspecified atom stereocenters. The lowest BCUT2D eigenvalue weighted by molar-refractivity contribution is 0.0735. The topological polar surface area (TPSA) is 71.2 Å². The first kappa shape index (κ1) is 21.2. The Morgan fingerprint density at radius 1 is 1.22 bits per heavy atom. The van der Waals surface area contributed by atoms with Crippen molar-refractivity contribution in [3.8, 4) is 0 Å². The quantitative estimate of drug-likeness (QED) is 0.608. The van der Waals surface area contributed by atoms with Gasteiger partial charge in [-0.2, -0.15) is 0 Å². The van der Waals surface area contributed by atoms with Crippen molar-refractivity contribution in [1.82, 2.24) is 14.5 Å². The summed E-state index contributed by atoms with van der Waals surface area (Å²) in [5.41, 5.74) is 5.08. The molecule has 1 N–H and O–H groups in total. The molecule has 6 nitrogen and oxygen atoms in total. The number of nitrogens with zero attached hydrogens (tertiary/aromatic N) is 4. The van der Waals surface area contributed by atoms with Crippen LogP contribution in [0.2, 0.25) is 0 Å². The molecule has 1 aliphatic carbocycles. The Kier molecular flexibility index (Phi) is 5.78. The summed E-state index contributed by atoms with van der Waals surface area (Å²) >= 11 is 1.63. The number of hydrogen-bond acceptors (Lipinski definition) is 6. The van der Waals surface area contributed by atoms with Gasteiger partial charge in [0.1, 0.15) is 5.52 Å². The first-order valence-electron chi connectivity index (χ1n) is 11.2. The molecule has 1 fully saturated rings. The number of likely N-dealkylation sites (N-methyl/N-ethyl adjacent to an activating group) is 1. The van der Waals surface area contributed by atoms with Crippen molar-refractivity contribution in [2.45, 2.75) is 49.3 Å². The number of rotatable bonds is 4. The molecule has 5 rings (SSSR count). The molecule has 0 spiro atoms. The molecule has 32 heavy (non-hydrogen) atoms. The molecule has 166 valence electrons. The first-order chi connectivity index (χ1) is 15.6. The Hall–Kier alpha value is -2.64. The van der Waals surface area contributed by atoms with Gasteiger partial charge in [-0.1, -0.05) is 25.0 Å². The molecule has 0 amide bonds. The van der Waals surface area contributed by atoms with Crippen molar-refractivity contribution >= 4 is 34.4 Å². The molecule has 3 heterocycles. The van der Waals surface area contributed by atoms with Gasteiger partial charge in [0, 0.05) is 25.4 Å². The third-order valence-electron chi connectivity index (χ3n) is 6.67. The largest absolute Gasteiger partial charge is 0.391 e. The number of pyridine rings is 1. The summed E-state index contributed by atoms with van der Waals surface area (Å²) in [5, 5.41) is 12.2. The molecule has 2 aliphatic rings. The molecule has 0 radical (unpaired) electrons. The second-order valence-corrected chi connectivity index (χ2v) is 9.56. The van der Waals surface area contributed by atoms with Gasteiger partial charge in [-0.3, -0.25) is 9.36 Å². The van der Waals surface area contributed by atoms with Gasteiger partial charge in [0.05, 0.1) is 34.6 Å². The molecule has 1 aromatic carbocycles. The number of aromatic nitrogens is 3. The summed E-state index contributed by atoms with van der Waals surface area (Å²) in [4.78, 5) is 24.9. The van der Waals surface area contributed by atoms with Gasteiger partial charge < -0.3 is 10.0 Å². The number of anilines is 1. The highest BCUT2D eigenvalue weighted by atomic mass is 32.2. The van der Waals surface area contributed by atoms with Gasteiger partial charge in [-0.05, 0) is 54.8 Å². The summed E-state index contributed by atoms with van der Waals surface area (Å²) in [5.74, 6) is 0. The highest BCUT2D eigenvalue weighted by Crippen LogP contribution is 2.36. The minimum atomic E-state index is -0.495. The van der Waals surface area contributed by atoms with Gasteiger partial charge in [-0.25, -0.2) is 9.97 Å². The normalized spacial score (nSPS) is 20.5. The van der Waals surface area contributed by atoms with Crippen molar-refractivity contribution in [3.63, 3.8) is 0 Å². The smallest absolute Gasteiger partial charge is 0.261 e. The summed E-state index contributed by atoms with van der Waals surface area (Å²) in [6, 6.07) is 5.96. The summed E-state index contributed by atoms with van der Waals surface area (Å²) < 4.78 is 1.67. The monoisotopic (exact) mass is 448 g/mol. The number of hydrogen-bond donors (Lipinski definition) is 1. The van der Waals surface area contributed by atoms with E-state index in [1.165, 1.54) is 5.56 Å². The molecule has 2 atom stereocenters. The fourth-order valence-electron chi connectivity index (χ4n) is 5.02. The zero-order chi connectivity index (χ0) is 22.2. The Bertz CT molecular complexity index is 1250. The van der Waals surface area contributed by atoms with Crippen molar-refractivity contribution in [2.24, 2.45) is 0 Å². The third kappa shape index (κ3) is 3.73. The average Bonchev–Trinajstić information content (AvgIpc) is 2.81. The van der Waals surface area contributed by atoms with E-state index >= 15 is 0 Å². The van der Waals surface area contributed by atoms with Gasteiger partial charge in [0.2, 0.25) is 0 Å². The summed E-state index contributed by atoms with van der Waals surface area (Å²) in [6.45, 7) is 0.781. The van der Waals surface area contributed by atoms with Crippen LogP contribution in [0.25, 0.3) is 17.0 Å². The Morgan fingerprint density at radius 2 is 2.06 bits per heavy atom. The fraction of sp³-hybridized carbons (Fsp3) is 0.400. The van der Waals surface area contributed by atoms with Crippen LogP contribution < -0.4 is 10.5 Å². The zero-order valence-electron chi connectivity index (χ0n) is 18.5. The average molecular weight is 449 g/mol. The van der Waals surface area contributed by atoms with Crippen LogP contribution >= 0.6 is 11.8 Å². The Labute approximate surface area is 192 Å². The van der Waals surface area contributed by atoms with E-state index in [9.17, 15) is 9.90 Å². The SMILES string of the molecule is CSc1cc(Cc2cc3c(=O)n(C4CCCC[C@@H]4O)cnc3c3c2C=CCN3C)ccn1. The number of benzene rings is 1. The van der Waals surface area contributed by atoms with Crippen LogP contribution in [-0.2, 0) is 6.42 Å². The molecule has 2 aromatic heterocycles. The van der Waals surface area contributed by atoms with Gasteiger partial charge in [0.25, 0.3) is 5.56 Å². The van der Waals surface area contributed by atoms with E-state index in [-0.39, 0.29) is 11.6 Å². The van der Waals surface area contributed by atoms with Crippen molar-refractivity contribution < 1.29 is 5.11 Å². The second kappa shape index (κ2) is 8.71. The van der Waals surface area contributed by atoms with Crippen LogP contribution in [0.1, 0.15) is 48.4 Å². The van der Waals surface area contributed by atoms with E-state index in [0.717, 1.165) is 59.6 Å². The molecule has 0 bridgehead atoms. The molecule has 0 saturated heterocycles. The van der Waals surface area contributed by atoms with E-state index in [1.807, 2.05) is 31.6 Å². The van der Waals surface area contributed by atoms with Crippen LogP contribution in [0.3, 0.4) is 0 Å². The minimum absolute atomic E-state index is 0.0625. The van der Waals surface area contributed by atoms with Crippen molar-refractivity contribution in [3.05, 3.63) is 63.8 Å².